The van der Waals surface area contributed by atoms with Crippen LogP contribution in [0.2, 0.25) is 0 Å². The summed E-state index contributed by atoms with van der Waals surface area (Å²) in [6.07, 6.45) is 1.19. The number of sulfonamides is 1. The van der Waals surface area contributed by atoms with Crippen molar-refractivity contribution in [1.82, 2.24) is 0 Å². The first kappa shape index (κ1) is 21.1. The van der Waals surface area contributed by atoms with Crippen molar-refractivity contribution in [1.29, 1.82) is 0 Å². The Morgan fingerprint density at radius 3 is 2.31 bits per heavy atom. The van der Waals surface area contributed by atoms with Gasteiger partial charge in [-0.05, 0) is 60.5 Å². The smallest absolute Gasteiger partial charge is 0.255 e. The summed E-state index contributed by atoms with van der Waals surface area (Å²) in [7, 11) is -3.45. The number of carbonyl (C=O) groups excluding carboxylic acids is 1. The van der Waals surface area contributed by atoms with Gasteiger partial charge in [-0.25, -0.2) is 8.42 Å². The highest BCUT2D eigenvalue weighted by Crippen LogP contribution is 2.22. The average molecular weight is 473 g/mol. The third-order valence-corrected chi connectivity index (χ3v) is 5.95. The molecular weight excluding hydrogens is 452 g/mol. The minimum absolute atomic E-state index is 0.190. The first-order chi connectivity index (χ1) is 13.7. The van der Waals surface area contributed by atoms with Crippen molar-refractivity contribution >= 4 is 43.2 Å². The number of anilines is 2. The van der Waals surface area contributed by atoms with Gasteiger partial charge in [0, 0.05) is 15.7 Å². The van der Waals surface area contributed by atoms with Gasteiger partial charge >= 0.3 is 0 Å². The summed E-state index contributed by atoms with van der Waals surface area (Å²) >= 11 is 3.38. The molecule has 5 nitrogen and oxygen atoms in total. The van der Waals surface area contributed by atoms with Gasteiger partial charge in [0.1, 0.15) is 0 Å². The Bertz CT molecular complexity index is 1130. The molecule has 29 heavy (non-hydrogen) atoms. The molecule has 0 bridgehead atoms. The molecule has 0 aliphatic heterocycles. The molecule has 1 N–H and O–H groups in total. The number of carbonyl (C=O) groups is 1. The lowest BCUT2D eigenvalue weighted by Gasteiger charge is -2.23. The molecule has 3 rings (SSSR count). The van der Waals surface area contributed by atoms with Crippen LogP contribution < -0.4 is 9.62 Å². The highest BCUT2D eigenvalue weighted by atomic mass is 79.9. The van der Waals surface area contributed by atoms with Gasteiger partial charge in [-0.2, -0.15) is 0 Å². The monoisotopic (exact) mass is 472 g/mol. The van der Waals surface area contributed by atoms with Crippen molar-refractivity contribution in [3.63, 3.8) is 0 Å². The Kier molecular flexibility index (Phi) is 6.39. The van der Waals surface area contributed by atoms with Crippen LogP contribution in [0, 0.1) is 6.92 Å². The van der Waals surface area contributed by atoms with Crippen LogP contribution in [0.1, 0.15) is 21.5 Å². The van der Waals surface area contributed by atoms with Crippen molar-refractivity contribution < 1.29 is 13.2 Å². The van der Waals surface area contributed by atoms with Gasteiger partial charge < -0.3 is 5.32 Å². The topological polar surface area (TPSA) is 66.5 Å². The summed E-state index contributed by atoms with van der Waals surface area (Å²) in [6, 6.07) is 21.6. The molecular formula is C22H21BrN2O3S. The lowest BCUT2D eigenvalue weighted by Crippen LogP contribution is -2.29. The third-order valence-electron chi connectivity index (χ3n) is 4.31. The summed E-state index contributed by atoms with van der Waals surface area (Å²) in [4.78, 5) is 12.4. The van der Waals surface area contributed by atoms with Crippen LogP contribution in [-0.4, -0.2) is 20.6 Å². The number of nitrogens with zero attached hydrogens (tertiary/aromatic N) is 1. The molecule has 0 aliphatic rings. The highest BCUT2D eigenvalue weighted by molar-refractivity contribution is 9.10. The van der Waals surface area contributed by atoms with Crippen LogP contribution in [-0.2, 0) is 16.6 Å². The lowest BCUT2D eigenvalue weighted by atomic mass is 10.1. The SMILES string of the molecule is Cc1cccc(N(Cc2ccc(C(=O)Nc3cccc(Br)c3)cc2)S(C)(=O)=O)c1. The zero-order chi connectivity index (χ0) is 21.0. The van der Waals surface area contributed by atoms with E-state index < -0.39 is 10.0 Å². The first-order valence-electron chi connectivity index (χ1n) is 8.92. The molecule has 0 spiro atoms. The fraction of sp³-hybridized carbons (Fsp3) is 0.136. The van der Waals surface area contributed by atoms with Crippen LogP contribution in [0.3, 0.4) is 0 Å². The Balaban J connectivity index is 1.77. The molecule has 0 unspecified atom stereocenters. The van der Waals surface area contributed by atoms with E-state index in [1.165, 1.54) is 10.6 Å². The number of benzene rings is 3. The summed E-state index contributed by atoms with van der Waals surface area (Å²) in [5.74, 6) is -0.228. The van der Waals surface area contributed by atoms with E-state index >= 15 is 0 Å². The quantitative estimate of drug-likeness (QED) is 0.550. The normalized spacial score (nSPS) is 11.1. The number of hydrogen-bond acceptors (Lipinski definition) is 3. The van der Waals surface area contributed by atoms with E-state index in [0.29, 0.717) is 16.9 Å². The summed E-state index contributed by atoms with van der Waals surface area (Å²) in [5.41, 5.74) is 3.57. The van der Waals surface area contributed by atoms with Crippen LogP contribution >= 0.6 is 15.9 Å². The van der Waals surface area contributed by atoms with Crippen molar-refractivity contribution in [2.75, 3.05) is 15.9 Å². The third kappa shape index (κ3) is 5.68. The summed E-state index contributed by atoms with van der Waals surface area (Å²) in [5, 5.41) is 2.84. The minimum Gasteiger partial charge on any atom is -0.322 e. The molecule has 0 fully saturated rings. The number of nitrogens with one attached hydrogen (secondary N) is 1. The highest BCUT2D eigenvalue weighted by Gasteiger charge is 2.18. The fourth-order valence-electron chi connectivity index (χ4n) is 2.88. The molecule has 150 valence electrons. The van der Waals surface area contributed by atoms with E-state index in [-0.39, 0.29) is 12.5 Å². The van der Waals surface area contributed by atoms with Crippen LogP contribution in [0.25, 0.3) is 0 Å². The molecule has 3 aromatic carbocycles. The average Bonchev–Trinajstić information content (AvgIpc) is 2.65. The van der Waals surface area contributed by atoms with Gasteiger partial charge in [-0.1, -0.05) is 46.3 Å². The van der Waals surface area contributed by atoms with E-state index in [1.807, 2.05) is 49.4 Å². The van der Waals surface area contributed by atoms with Gasteiger partial charge in [0.15, 0.2) is 0 Å². The Morgan fingerprint density at radius 2 is 1.69 bits per heavy atom. The van der Waals surface area contributed by atoms with Crippen LogP contribution in [0.15, 0.2) is 77.3 Å². The number of halogens is 1. The van der Waals surface area contributed by atoms with E-state index in [1.54, 1.807) is 30.3 Å². The van der Waals surface area contributed by atoms with Gasteiger partial charge in [-0.15, -0.1) is 0 Å². The maximum atomic E-state index is 12.4. The van der Waals surface area contributed by atoms with E-state index in [0.717, 1.165) is 15.6 Å². The second-order valence-electron chi connectivity index (χ2n) is 6.77. The first-order valence-corrected chi connectivity index (χ1v) is 11.6. The Labute approximate surface area is 179 Å². The van der Waals surface area contributed by atoms with E-state index in [2.05, 4.69) is 21.2 Å². The molecule has 0 atom stereocenters. The summed E-state index contributed by atoms with van der Waals surface area (Å²) in [6.45, 7) is 2.11. The molecule has 0 saturated heterocycles. The molecule has 0 heterocycles. The molecule has 1 amide bonds. The van der Waals surface area contributed by atoms with Crippen LogP contribution in [0.5, 0.6) is 0 Å². The predicted molar refractivity (Wildman–Crippen MR) is 121 cm³/mol. The standard InChI is InChI=1S/C22H21BrN2O3S/c1-16-5-3-8-21(13-16)25(29(2,27)28)15-17-9-11-18(12-10-17)22(26)24-20-7-4-6-19(23)14-20/h3-14H,15H2,1-2H3,(H,24,26). The molecule has 0 saturated carbocycles. The maximum absolute atomic E-state index is 12.4. The van der Waals surface area contributed by atoms with Crippen molar-refractivity contribution in [3.8, 4) is 0 Å². The van der Waals surface area contributed by atoms with E-state index in [4.69, 9.17) is 0 Å². The van der Waals surface area contributed by atoms with Crippen LogP contribution in [0.4, 0.5) is 11.4 Å². The minimum atomic E-state index is -3.45. The largest absolute Gasteiger partial charge is 0.322 e. The van der Waals surface area contributed by atoms with E-state index in [9.17, 15) is 13.2 Å². The van der Waals surface area contributed by atoms with Crippen molar-refractivity contribution in [2.45, 2.75) is 13.5 Å². The maximum Gasteiger partial charge on any atom is 0.255 e. The number of aryl methyl sites for hydroxylation is 1. The molecule has 0 aliphatic carbocycles. The van der Waals surface area contributed by atoms with Gasteiger partial charge in [-0.3, -0.25) is 9.10 Å². The molecule has 3 aromatic rings. The van der Waals surface area contributed by atoms with Gasteiger partial charge in [0.25, 0.3) is 5.91 Å². The number of rotatable bonds is 6. The van der Waals surface area contributed by atoms with Gasteiger partial charge in [0.2, 0.25) is 10.0 Å². The van der Waals surface area contributed by atoms with Crippen molar-refractivity contribution in [2.24, 2.45) is 0 Å². The Morgan fingerprint density at radius 1 is 1.00 bits per heavy atom. The molecule has 7 heteroatoms. The zero-order valence-electron chi connectivity index (χ0n) is 16.1. The molecule has 0 aromatic heterocycles. The second-order valence-corrected chi connectivity index (χ2v) is 9.59. The number of amides is 1. The predicted octanol–water partition coefficient (Wildman–Crippen LogP) is 4.98. The lowest BCUT2D eigenvalue weighted by molar-refractivity contribution is 0.102. The Hall–Kier alpha value is -2.64. The molecule has 0 radical (unpaired) electrons. The van der Waals surface area contributed by atoms with Crippen molar-refractivity contribution in [3.05, 3.63) is 94.0 Å². The summed E-state index contributed by atoms with van der Waals surface area (Å²) < 4.78 is 26.9. The second kappa shape index (κ2) is 8.80. The van der Waals surface area contributed by atoms with Gasteiger partial charge in [0.05, 0.1) is 18.5 Å². The fourth-order valence-corrected chi connectivity index (χ4v) is 4.16. The zero-order valence-corrected chi connectivity index (χ0v) is 18.5. The number of hydrogen-bond donors (Lipinski definition) is 1.